The predicted octanol–water partition coefficient (Wildman–Crippen LogP) is 0.796. The first-order valence-electron chi connectivity index (χ1n) is 3.22. The molecule has 0 amide bonds. The molecule has 2 aliphatic carbocycles. The van der Waals surface area contributed by atoms with Gasteiger partial charge in [-0.25, -0.2) is 0 Å². The van der Waals surface area contributed by atoms with Gasteiger partial charge in [0, 0.05) is 0 Å². The lowest BCUT2D eigenvalue weighted by Gasteiger charge is -2.13. The third-order valence-electron chi connectivity index (χ3n) is 2.22. The lowest BCUT2D eigenvalue weighted by atomic mass is 9.98. The van der Waals surface area contributed by atoms with Gasteiger partial charge in [0.25, 0.3) is 0 Å². The molecule has 2 aliphatic rings. The van der Waals surface area contributed by atoms with Crippen LogP contribution in [-0.2, 0) is 0 Å². The molecule has 8 heavy (non-hydrogen) atoms. The average Bonchev–Trinajstić information content (AvgIpc) is 2.23. The van der Waals surface area contributed by atoms with Crippen molar-refractivity contribution < 1.29 is 5.11 Å². The Labute approximate surface area is 49.7 Å². The molecule has 1 N–H and O–H groups in total. The third-order valence-corrected chi connectivity index (χ3v) is 2.22. The Bertz CT molecular complexity index is 98.6. The van der Waals surface area contributed by atoms with Gasteiger partial charge < -0.3 is 5.11 Å². The summed E-state index contributed by atoms with van der Waals surface area (Å²) < 4.78 is 0. The largest absolute Gasteiger partial charge is 0.393 e. The minimum Gasteiger partial charge on any atom is -0.393 e. The van der Waals surface area contributed by atoms with E-state index in [1.165, 1.54) is 12.8 Å². The summed E-state index contributed by atoms with van der Waals surface area (Å²) in [6.07, 6.45) is 6.64. The molecule has 2 rings (SSSR count). The van der Waals surface area contributed by atoms with Crippen LogP contribution in [0.5, 0.6) is 0 Å². The van der Waals surface area contributed by atoms with Crippen molar-refractivity contribution in [3.05, 3.63) is 12.8 Å². The quantitative estimate of drug-likeness (QED) is 0.489. The summed E-state index contributed by atoms with van der Waals surface area (Å²) in [6, 6.07) is 0. The Kier molecular flexibility index (Phi) is 0.884. The van der Waals surface area contributed by atoms with E-state index < -0.39 is 0 Å². The van der Waals surface area contributed by atoms with Crippen LogP contribution in [0, 0.1) is 24.7 Å². The van der Waals surface area contributed by atoms with Gasteiger partial charge in [-0.2, -0.15) is 0 Å². The maximum atomic E-state index is 9.13. The van der Waals surface area contributed by atoms with Crippen molar-refractivity contribution in [3.8, 4) is 0 Å². The molecule has 44 valence electrons. The molecular formula is C7H10O. The van der Waals surface area contributed by atoms with Crippen LogP contribution in [-0.4, -0.2) is 11.2 Å². The van der Waals surface area contributed by atoms with Crippen molar-refractivity contribution in [3.63, 3.8) is 0 Å². The molecule has 0 aliphatic heterocycles. The minimum atomic E-state index is -0.103. The van der Waals surface area contributed by atoms with Gasteiger partial charge in [-0.3, -0.25) is 0 Å². The van der Waals surface area contributed by atoms with Crippen molar-refractivity contribution in [2.75, 3.05) is 0 Å². The Morgan fingerprint density at radius 2 is 2.38 bits per heavy atom. The van der Waals surface area contributed by atoms with Gasteiger partial charge in [-0.15, -0.1) is 0 Å². The summed E-state index contributed by atoms with van der Waals surface area (Å²) >= 11 is 0. The van der Waals surface area contributed by atoms with Crippen molar-refractivity contribution in [1.29, 1.82) is 0 Å². The number of aliphatic hydroxyl groups is 1. The monoisotopic (exact) mass is 110 g/mol. The van der Waals surface area contributed by atoms with E-state index in [1.807, 2.05) is 0 Å². The number of fused-ring (bicyclic) bond motifs is 2. The smallest absolute Gasteiger partial charge is 0.0605 e. The van der Waals surface area contributed by atoms with E-state index in [4.69, 9.17) is 5.11 Å². The number of hydrogen-bond acceptors (Lipinski definition) is 1. The summed E-state index contributed by atoms with van der Waals surface area (Å²) in [5.41, 5.74) is 0. The normalized spacial score (nSPS) is 52.9. The standard InChI is InChI=1S/C7H10O/c8-7-4-5-1-2-6(7)3-5/h2,4-8H,1,3H2. The molecule has 0 spiro atoms. The zero-order valence-corrected chi connectivity index (χ0v) is 4.75. The first kappa shape index (κ1) is 4.80. The summed E-state index contributed by atoms with van der Waals surface area (Å²) in [7, 11) is 0. The van der Waals surface area contributed by atoms with Crippen LogP contribution in [0.15, 0.2) is 0 Å². The molecule has 3 atom stereocenters. The highest BCUT2D eigenvalue weighted by molar-refractivity contribution is 5.09. The molecule has 2 bridgehead atoms. The molecule has 0 aromatic carbocycles. The van der Waals surface area contributed by atoms with Gasteiger partial charge in [0.2, 0.25) is 0 Å². The van der Waals surface area contributed by atoms with Crippen molar-refractivity contribution >= 4 is 0 Å². The third kappa shape index (κ3) is 0.510. The van der Waals surface area contributed by atoms with E-state index in [1.54, 1.807) is 0 Å². The summed E-state index contributed by atoms with van der Waals surface area (Å²) in [6.45, 7) is 0. The van der Waals surface area contributed by atoms with E-state index in [9.17, 15) is 0 Å². The lowest BCUT2D eigenvalue weighted by molar-refractivity contribution is 0.170. The molecular weight excluding hydrogens is 100 g/mol. The van der Waals surface area contributed by atoms with Gasteiger partial charge in [0.1, 0.15) is 0 Å². The highest BCUT2D eigenvalue weighted by Gasteiger charge is 2.38. The zero-order valence-electron chi connectivity index (χ0n) is 4.75. The topological polar surface area (TPSA) is 20.2 Å². The Balaban J connectivity index is 2.11. The van der Waals surface area contributed by atoms with Crippen LogP contribution in [0.1, 0.15) is 12.8 Å². The maximum absolute atomic E-state index is 9.13. The second-order valence-electron chi connectivity index (χ2n) is 2.81. The summed E-state index contributed by atoms with van der Waals surface area (Å²) in [5, 5.41) is 9.13. The van der Waals surface area contributed by atoms with Gasteiger partial charge in [-0.1, -0.05) is 0 Å². The average molecular weight is 110 g/mol. The fourth-order valence-corrected chi connectivity index (χ4v) is 1.75. The van der Waals surface area contributed by atoms with E-state index >= 15 is 0 Å². The van der Waals surface area contributed by atoms with E-state index in [0.717, 1.165) is 5.92 Å². The van der Waals surface area contributed by atoms with Crippen LogP contribution < -0.4 is 0 Å². The number of aliphatic hydroxyl groups excluding tert-OH is 1. The van der Waals surface area contributed by atoms with Crippen LogP contribution in [0.4, 0.5) is 0 Å². The molecule has 2 fully saturated rings. The van der Waals surface area contributed by atoms with Crippen LogP contribution in [0.25, 0.3) is 0 Å². The molecule has 0 saturated heterocycles. The van der Waals surface area contributed by atoms with Crippen LogP contribution >= 0.6 is 0 Å². The molecule has 0 aromatic rings. The predicted molar refractivity (Wildman–Crippen MR) is 30.8 cm³/mol. The number of rotatable bonds is 0. The molecule has 2 saturated carbocycles. The lowest BCUT2D eigenvalue weighted by Crippen LogP contribution is -2.16. The van der Waals surface area contributed by atoms with E-state index in [0.29, 0.717) is 5.92 Å². The molecule has 3 unspecified atom stereocenters. The molecule has 2 radical (unpaired) electrons. The second-order valence-corrected chi connectivity index (χ2v) is 2.81. The van der Waals surface area contributed by atoms with Crippen molar-refractivity contribution in [2.45, 2.75) is 18.9 Å². The first-order valence-corrected chi connectivity index (χ1v) is 3.22. The minimum absolute atomic E-state index is 0.103. The SMILES string of the molecule is OC1[CH]C2C[CH]C1C2. The maximum Gasteiger partial charge on any atom is 0.0605 e. The van der Waals surface area contributed by atoms with Gasteiger partial charge >= 0.3 is 0 Å². The van der Waals surface area contributed by atoms with E-state index in [2.05, 4.69) is 12.8 Å². The molecule has 0 aromatic heterocycles. The molecule has 1 nitrogen and oxygen atoms in total. The first-order chi connectivity index (χ1) is 3.86. The number of hydrogen-bond donors (Lipinski definition) is 1. The second kappa shape index (κ2) is 1.47. The Hall–Kier alpha value is -0.0400. The highest BCUT2D eigenvalue weighted by Crippen LogP contribution is 2.42. The van der Waals surface area contributed by atoms with Crippen molar-refractivity contribution in [2.24, 2.45) is 11.8 Å². The Morgan fingerprint density at radius 3 is 2.62 bits per heavy atom. The highest BCUT2D eigenvalue weighted by atomic mass is 16.3. The van der Waals surface area contributed by atoms with Crippen molar-refractivity contribution in [1.82, 2.24) is 0 Å². The fourth-order valence-electron chi connectivity index (χ4n) is 1.75. The van der Waals surface area contributed by atoms with E-state index in [-0.39, 0.29) is 6.10 Å². The van der Waals surface area contributed by atoms with Gasteiger partial charge in [0.05, 0.1) is 6.10 Å². The van der Waals surface area contributed by atoms with Crippen LogP contribution in [0.3, 0.4) is 0 Å². The van der Waals surface area contributed by atoms with Crippen LogP contribution in [0.2, 0.25) is 0 Å². The van der Waals surface area contributed by atoms with Gasteiger partial charge in [0.15, 0.2) is 0 Å². The zero-order chi connectivity index (χ0) is 5.56. The summed E-state index contributed by atoms with van der Waals surface area (Å²) in [5.74, 6) is 1.23. The molecule has 1 heteroatoms. The fraction of sp³-hybridized carbons (Fsp3) is 0.714. The molecule has 0 heterocycles. The Morgan fingerprint density at radius 1 is 1.50 bits per heavy atom. The summed E-state index contributed by atoms with van der Waals surface area (Å²) in [4.78, 5) is 0. The van der Waals surface area contributed by atoms with Gasteiger partial charge in [-0.05, 0) is 37.5 Å².